The Morgan fingerprint density at radius 1 is 1.14 bits per heavy atom. The van der Waals surface area contributed by atoms with Crippen LogP contribution in [0.1, 0.15) is 19.8 Å². The number of rotatable bonds is 5. The summed E-state index contributed by atoms with van der Waals surface area (Å²) < 4.78 is 71.2. The predicted octanol–water partition coefficient (Wildman–Crippen LogP) is 2.46. The van der Waals surface area contributed by atoms with Crippen LogP contribution < -0.4 is 0 Å². The van der Waals surface area contributed by atoms with Crippen LogP contribution in [0, 0.1) is 0 Å². The topological polar surface area (TPSA) is 26.3 Å². The molecule has 0 aromatic carbocycles. The van der Waals surface area contributed by atoms with Crippen LogP contribution in [0.5, 0.6) is 0 Å². The fourth-order valence-electron chi connectivity index (χ4n) is 0.637. The molecule has 0 amide bonds. The van der Waals surface area contributed by atoms with Gasteiger partial charge in [0.2, 0.25) is 0 Å². The maximum absolute atomic E-state index is 12.7. The molecule has 0 rings (SSSR count). The van der Waals surface area contributed by atoms with Gasteiger partial charge < -0.3 is 0 Å². The molecule has 0 heterocycles. The molecular formula is C6H9F5O2Sn. The van der Waals surface area contributed by atoms with Crippen molar-refractivity contribution in [1.29, 1.82) is 0 Å². The van der Waals surface area contributed by atoms with E-state index in [0.29, 0.717) is 0 Å². The molecule has 0 spiro atoms. The molecule has 14 heavy (non-hydrogen) atoms. The van der Waals surface area contributed by atoms with Crippen LogP contribution in [0.15, 0.2) is 0 Å². The van der Waals surface area contributed by atoms with Crippen molar-refractivity contribution >= 4 is 20.2 Å². The second-order valence-electron chi connectivity index (χ2n) is 2.54. The van der Waals surface area contributed by atoms with Crippen molar-refractivity contribution in [3.63, 3.8) is 0 Å². The predicted molar refractivity (Wildman–Crippen MR) is 38.3 cm³/mol. The van der Waals surface area contributed by atoms with Gasteiger partial charge in [-0.2, -0.15) is 0 Å². The van der Waals surface area contributed by atoms with E-state index < -0.39 is 43.1 Å². The van der Waals surface area contributed by atoms with E-state index >= 15 is 0 Å². The Hall–Kier alpha value is 0.209. The van der Waals surface area contributed by atoms with Gasteiger partial charge in [-0.25, -0.2) is 0 Å². The van der Waals surface area contributed by atoms with Crippen molar-refractivity contribution in [2.24, 2.45) is 0 Å². The van der Waals surface area contributed by atoms with Crippen LogP contribution in [0.3, 0.4) is 0 Å². The molecule has 0 aliphatic rings. The number of halogens is 5. The molecular weight excluding hydrogens is 318 g/mol. The summed E-state index contributed by atoms with van der Waals surface area (Å²) in [5, 5.41) is 0. The van der Waals surface area contributed by atoms with Crippen molar-refractivity contribution in [2.45, 2.75) is 29.9 Å². The molecule has 0 aliphatic heterocycles. The summed E-state index contributed by atoms with van der Waals surface area (Å²) in [7, 11) is 0. The Bertz CT molecular complexity index is 203. The summed E-state index contributed by atoms with van der Waals surface area (Å²) in [4.78, 5) is 0. The van der Waals surface area contributed by atoms with Crippen molar-refractivity contribution in [3.05, 3.63) is 0 Å². The summed E-state index contributed by atoms with van der Waals surface area (Å²) in [5.74, 6) is 0. The Morgan fingerprint density at radius 3 is 2.00 bits per heavy atom. The van der Waals surface area contributed by atoms with Gasteiger partial charge in [0, 0.05) is 0 Å². The van der Waals surface area contributed by atoms with Gasteiger partial charge in [0.15, 0.2) is 0 Å². The molecule has 0 aliphatic carbocycles. The van der Waals surface area contributed by atoms with Crippen LogP contribution >= 0.6 is 0 Å². The van der Waals surface area contributed by atoms with Gasteiger partial charge in [-0.05, 0) is 0 Å². The maximum atomic E-state index is 12.7. The van der Waals surface area contributed by atoms with E-state index in [-0.39, 0.29) is 6.61 Å². The summed E-state index contributed by atoms with van der Waals surface area (Å²) >= 11 is -4.65. The van der Waals surface area contributed by atoms with Crippen molar-refractivity contribution in [1.82, 2.24) is 0 Å². The quantitative estimate of drug-likeness (QED) is 0.573. The first kappa shape index (κ1) is 14.2. The zero-order chi connectivity index (χ0) is 11.4. The third-order valence-electron chi connectivity index (χ3n) is 1.30. The average Bonchev–Trinajstić information content (AvgIpc) is 2.00. The Labute approximate surface area is 85.1 Å². The molecule has 0 radical (unpaired) electrons. The van der Waals surface area contributed by atoms with E-state index in [0.717, 1.165) is 0 Å². The fourth-order valence-corrected chi connectivity index (χ4v) is 2.93. The Kier molecular flexibility index (Phi) is 5.42. The van der Waals surface area contributed by atoms with Crippen LogP contribution in [0.25, 0.3) is 0 Å². The summed E-state index contributed by atoms with van der Waals surface area (Å²) in [6.07, 6.45) is -7.74. The van der Waals surface area contributed by atoms with Crippen LogP contribution in [-0.4, -0.2) is 36.9 Å². The van der Waals surface area contributed by atoms with Gasteiger partial charge in [-0.1, -0.05) is 0 Å². The van der Waals surface area contributed by atoms with Gasteiger partial charge in [-0.3, -0.25) is 0 Å². The monoisotopic (exact) mass is 328 g/mol. The van der Waals surface area contributed by atoms with Gasteiger partial charge in [0.05, 0.1) is 0 Å². The molecule has 0 saturated heterocycles. The molecule has 0 bridgehead atoms. The van der Waals surface area contributed by atoms with Crippen molar-refractivity contribution in [2.75, 3.05) is 6.61 Å². The van der Waals surface area contributed by atoms with Crippen molar-refractivity contribution < 1.29 is 28.1 Å². The minimum absolute atomic E-state index is 0.167. The van der Waals surface area contributed by atoms with E-state index in [4.69, 9.17) is 0 Å². The normalized spacial score (nSPS) is 13.0. The Morgan fingerprint density at radius 2 is 1.64 bits per heavy atom. The number of alkyl halides is 5. The first-order valence-corrected chi connectivity index (χ1v) is 7.56. The van der Waals surface area contributed by atoms with E-state index in [9.17, 15) is 25.0 Å². The third-order valence-corrected chi connectivity index (χ3v) is 5.29. The molecule has 0 unspecified atom stereocenters. The summed E-state index contributed by atoms with van der Waals surface area (Å²) in [5.41, 5.74) is 0. The second kappa shape index (κ2) is 5.34. The van der Waals surface area contributed by atoms with Gasteiger partial charge >= 0.3 is 84.8 Å². The molecule has 0 aromatic heterocycles. The molecule has 0 N–H and O–H groups in total. The van der Waals surface area contributed by atoms with Gasteiger partial charge in [-0.15, -0.1) is 0 Å². The molecule has 0 atom stereocenters. The molecule has 8 heteroatoms. The van der Waals surface area contributed by atoms with Gasteiger partial charge in [0.1, 0.15) is 0 Å². The zero-order valence-corrected chi connectivity index (χ0v) is 10.2. The third kappa shape index (κ3) is 5.84. The first-order chi connectivity index (χ1) is 6.19. The average molecular weight is 327 g/mol. The molecule has 0 aromatic rings. The van der Waals surface area contributed by atoms with Gasteiger partial charge in [0.25, 0.3) is 0 Å². The minimum atomic E-state index is -4.65. The zero-order valence-electron chi connectivity index (χ0n) is 7.33. The Balaban J connectivity index is 4.13. The number of hydrogen-bond acceptors (Lipinski definition) is 2. The second-order valence-corrected chi connectivity index (χ2v) is 7.09. The fraction of sp³-hybridized carbons (Fsp3) is 1.00. The van der Waals surface area contributed by atoms with E-state index in [1.165, 1.54) is 6.92 Å². The number of hydrogen-bond donors (Lipinski definition) is 0. The molecule has 84 valence electrons. The first-order valence-electron chi connectivity index (χ1n) is 3.81. The van der Waals surface area contributed by atoms with E-state index in [2.05, 4.69) is 3.07 Å². The van der Waals surface area contributed by atoms with E-state index in [1.54, 1.807) is 0 Å². The molecule has 0 saturated carbocycles. The van der Waals surface area contributed by atoms with Crippen LogP contribution in [-0.2, 0) is 6.15 Å². The standard InChI is InChI=1S/C4H4F5.C2H5O.O.Sn/c5-3(6)1-2-4(7,8)9;1-2-3;;/h1-2H2;2H2,1H3;;/q;-1;;+1. The summed E-state index contributed by atoms with van der Waals surface area (Å²) in [6, 6.07) is 0. The van der Waals surface area contributed by atoms with Crippen molar-refractivity contribution in [3.8, 4) is 0 Å². The van der Waals surface area contributed by atoms with Crippen LogP contribution in [0.2, 0.25) is 0 Å². The van der Waals surface area contributed by atoms with Crippen LogP contribution in [0.4, 0.5) is 22.0 Å². The van der Waals surface area contributed by atoms with E-state index in [1.807, 2.05) is 0 Å². The molecule has 0 fully saturated rings. The SMILES string of the molecule is CC[O][Sn](=[O])[C](F)(F)CCC(F)(F)F. The molecule has 2 nitrogen and oxygen atoms in total. The summed E-state index contributed by atoms with van der Waals surface area (Å²) in [6.45, 7) is 1.19.